The Balaban J connectivity index is 2.38. The van der Waals surface area contributed by atoms with Gasteiger partial charge in [0, 0.05) is 11.7 Å². The van der Waals surface area contributed by atoms with E-state index in [4.69, 9.17) is 0 Å². The lowest BCUT2D eigenvalue weighted by atomic mass is 9.91. The second kappa shape index (κ2) is 4.36. The van der Waals surface area contributed by atoms with Gasteiger partial charge >= 0.3 is 0 Å². The van der Waals surface area contributed by atoms with Gasteiger partial charge in [0.15, 0.2) is 0 Å². The van der Waals surface area contributed by atoms with Crippen LogP contribution in [0.1, 0.15) is 64.5 Å². The molecule has 1 aromatic rings. The number of benzene rings is 1. The molecule has 0 amide bonds. The summed E-state index contributed by atoms with van der Waals surface area (Å²) in [6, 6.07) is 7.46. The third-order valence-electron chi connectivity index (χ3n) is 3.80. The molecule has 1 heteroatoms. The first-order valence-corrected chi connectivity index (χ1v) is 6.83. The minimum atomic E-state index is 0.433. The summed E-state index contributed by atoms with van der Waals surface area (Å²) in [4.78, 5) is 0. The van der Waals surface area contributed by atoms with E-state index in [2.05, 4.69) is 58.1 Å². The number of hydrogen-bond donors (Lipinski definition) is 1. The van der Waals surface area contributed by atoms with Crippen LogP contribution in [0, 0.1) is 0 Å². The van der Waals surface area contributed by atoms with E-state index < -0.39 is 0 Å². The van der Waals surface area contributed by atoms with Crippen LogP contribution in [-0.2, 0) is 5.41 Å². The van der Waals surface area contributed by atoms with Crippen molar-refractivity contribution in [1.82, 2.24) is 0 Å². The zero-order valence-electron chi connectivity index (χ0n) is 11.8. The summed E-state index contributed by atoms with van der Waals surface area (Å²) in [6.45, 7) is 11.3. The molecule has 0 spiro atoms. The highest BCUT2D eigenvalue weighted by Gasteiger charge is 2.40. The van der Waals surface area contributed by atoms with Crippen LogP contribution in [0.4, 0.5) is 5.69 Å². The third kappa shape index (κ3) is 2.65. The lowest BCUT2D eigenvalue weighted by Gasteiger charge is -2.21. The van der Waals surface area contributed by atoms with E-state index in [1.54, 1.807) is 0 Å². The molecule has 17 heavy (non-hydrogen) atoms. The average Bonchev–Trinajstić information content (AvgIpc) is 2.97. The first-order chi connectivity index (χ1) is 7.92. The Bertz CT molecular complexity index is 400. The van der Waals surface area contributed by atoms with E-state index >= 15 is 0 Å². The number of rotatable bonds is 4. The molecule has 0 atom stereocenters. The van der Waals surface area contributed by atoms with Gasteiger partial charge in [0.25, 0.3) is 0 Å². The van der Waals surface area contributed by atoms with Gasteiger partial charge in [0.05, 0.1) is 0 Å². The number of hydrogen-bond acceptors (Lipinski definition) is 1. The van der Waals surface area contributed by atoms with E-state index in [1.165, 1.54) is 29.7 Å². The summed E-state index contributed by atoms with van der Waals surface area (Å²) in [5.74, 6) is 0.615. The molecule has 0 aliphatic heterocycles. The highest BCUT2D eigenvalue weighted by Crippen LogP contribution is 2.50. The summed E-state index contributed by atoms with van der Waals surface area (Å²) in [5, 5.41) is 3.59. The lowest BCUT2D eigenvalue weighted by molar-refractivity contribution is 0.772. The van der Waals surface area contributed by atoms with Gasteiger partial charge < -0.3 is 5.32 Å². The van der Waals surface area contributed by atoms with Crippen molar-refractivity contribution >= 4 is 5.69 Å². The maximum Gasteiger partial charge on any atom is 0.0380 e. The van der Waals surface area contributed by atoms with Crippen LogP contribution in [0.3, 0.4) is 0 Å². The van der Waals surface area contributed by atoms with Crippen molar-refractivity contribution < 1.29 is 0 Å². The highest BCUT2D eigenvalue weighted by atomic mass is 14.9. The molecule has 2 rings (SSSR count). The van der Waals surface area contributed by atoms with Gasteiger partial charge in [-0.15, -0.1) is 0 Å². The van der Waals surface area contributed by atoms with Crippen LogP contribution in [0.15, 0.2) is 18.2 Å². The Morgan fingerprint density at radius 1 is 1.12 bits per heavy atom. The predicted octanol–water partition coefficient (Wildman–Crippen LogP) is 4.68. The van der Waals surface area contributed by atoms with Crippen molar-refractivity contribution in [3.63, 3.8) is 0 Å². The molecule has 1 fully saturated rings. The summed E-state index contributed by atoms with van der Waals surface area (Å²) >= 11 is 0. The zero-order valence-corrected chi connectivity index (χ0v) is 11.8. The van der Waals surface area contributed by atoms with Crippen molar-refractivity contribution in [3.05, 3.63) is 29.3 Å². The molecule has 0 bridgehead atoms. The quantitative estimate of drug-likeness (QED) is 0.793. The molecule has 1 saturated carbocycles. The Morgan fingerprint density at radius 2 is 1.76 bits per heavy atom. The second-order valence-electron chi connectivity index (χ2n) is 6.32. The molecular weight excluding hydrogens is 206 g/mol. The smallest absolute Gasteiger partial charge is 0.0380 e. The van der Waals surface area contributed by atoms with Crippen LogP contribution in [0.5, 0.6) is 0 Å². The van der Waals surface area contributed by atoms with Crippen LogP contribution < -0.4 is 5.32 Å². The molecule has 1 aliphatic carbocycles. The van der Waals surface area contributed by atoms with Crippen LogP contribution in [-0.4, -0.2) is 6.04 Å². The van der Waals surface area contributed by atoms with Crippen molar-refractivity contribution in [2.45, 2.75) is 64.8 Å². The fraction of sp³-hybridized carbons (Fsp3) is 0.625. The van der Waals surface area contributed by atoms with Crippen LogP contribution in [0.25, 0.3) is 0 Å². The fourth-order valence-electron chi connectivity index (χ4n) is 2.31. The molecule has 1 aliphatic rings. The highest BCUT2D eigenvalue weighted by molar-refractivity contribution is 5.58. The van der Waals surface area contributed by atoms with Crippen molar-refractivity contribution in [2.24, 2.45) is 0 Å². The Hall–Kier alpha value is -0.980. The number of anilines is 1. The minimum absolute atomic E-state index is 0.433. The van der Waals surface area contributed by atoms with Crippen molar-refractivity contribution in [1.29, 1.82) is 0 Å². The fourth-order valence-corrected chi connectivity index (χ4v) is 2.31. The molecule has 0 aromatic heterocycles. The zero-order chi connectivity index (χ0) is 12.6. The Morgan fingerprint density at radius 3 is 2.24 bits per heavy atom. The van der Waals surface area contributed by atoms with Crippen molar-refractivity contribution in [2.75, 3.05) is 5.32 Å². The van der Waals surface area contributed by atoms with Gasteiger partial charge in [0.2, 0.25) is 0 Å². The molecule has 1 aromatic carbocycles. The minimum Gasteiger partial charge on any atom is -0.383 e. The largest absolute Gasteiger partial charge is 0.383 e. The van der Waals surface area contributed by atoms with Gasteiger partial charge in [0.1, 0.15) is 0 Å². The number of nitrogens with one attached hydrogen (secondary N) is 1. The van der Waals surface area contributed by atoms with Crippen molar-refractivity contribution in [3.8, 4) is 0 Å². The molecular formula is C16H25N. The topological polar surface area (TPSA) is 12.0 Å². The normalized spacial score (nSPS) is 17.6. The predicted molar refractivity (Wildman–Crippen MR) is 75.9 cm³/mol. The molecule has 94 valence electrons. The van der Waals surface area contributed by atoms with Crippen LogP contribution in [0.2, 0.25) is 0 Å². The summed E-state index contributed by atoms with van der Waals surface area (Å²) in [7, 11) is 0. The second-order valence-corrected chi connectivity index (χ2v) is 6.32. The van der Waals surface area contributed by atoms with E-state index in [0.717, 1.165) is 0 Å². The van der Waals surface area contributed by atoms with Gasteiger partial charge in [-0.3, -0.25) is 0 Å². The van der Waals surface area contributed by atoms with Gasteiger partial charge in [-0.05, 0) is 55.2 Å². The Kier molecular flexibility index (Phi) is 3.20. The molecule has 0 saturated heterocycles. The molecule has 0 heterocycles. The molecule has 0 unspecified atom stereocenters. The SMILES string of the molecule is CC(C)Nc1ccc(C(C)C)cc1C1(C)CC1. The van der Waals surface area contributed by atoms with Crippen LogP contribution >= 0.6 is 0 Å². The monoisotopic (exact) mass is 231 g/mol. The van der Waals surface area contributed by atoms with Gasteiger partial charge in [-0.2, -0.15) is 0 Å². The standard InChI is InChI=1S/C16H25N/c1-11(2)13-6-7-15(17-12(3)4)14(10-13)16(5)8-9-16/h6-7,10-12,17H,8-9H2,1-5H3. The summed E-state index contributed by atoms with van der Waals surface area (Å²) in [5.41, 5.74) is 4.76. The first kappa shape index (κ1) is 12.5. The van der Waals surface area contributed by atoms with E-state index in [0.29, 0.717) is 17.4 Å². The molecule has 1 nitrogen and oxygen atoms in total. The first-order valence-electron chi connectivity index (χ1n) is 6.83. The third-order valence-corrected chi connectivity index (χ3v) is 3.80. The summed E-state index contributed by atoms with van der Waals surface area (Å²) < 4.78 is 0. The summed E-state index contributed by atoms with van der Waals surface area (Å²) in [6.07, 6.45) is 2.67. The molecule has 0 radical (unpaired) electrons. The lowest BCUT2D eigenvalue weighted by Crippen LogP contribution is -2.14. The Labute approximate surface area is 106 Å². The maximum absolute atomic E-state index is 3.59. The molecule has 1 N–H and O–H groups in total. The van der Waals surface area contributed by atoms with E-state index in [-0.39, 0.29) is 0 Å². The van der Waals surface area contributed by atoms with E-state index in [9.17, 15) is 0 Å². The average molecular weight is 231 g/mol. The van der Waals surface area contributed by atoms with Gasteiger partial charge in [-0.1, -0.05) is 32.9 Å². The van der Waals surface area contributed by atoms with E-state index in [1.807, 2.05) is 0 Å². The van der Waals surface area contributed by atoms with Gasteiger partial charge in [-0.25, -0.2) is 0 Å². The maximum atomic E-state index is 3.59.